The molecule has 1 fully saturated rings. The van der Waals surface area contributed by atoms with Crippen LogP contribution in [0.5, 0.6) is 5.75 Å². The fraction of sp³-hybridized carbons (Fsp3) is 0.286. The second-order valence-electron chi connectivity index (χ2n) is 9.00. The first-order valence-corrected chi connectivity index (χ1v) is 11.7. The zero-order chi connectivity index (χ0) is 23.7. The predicted molar refractivity (Wildman–Crippen MR) is 133 cm³/mol. The molecule has 0 bridgehead atoms. The third kappa shape index (κ3) is 4.29. The second kappa shape index (κ2) is 9.31. The monoisotopic (exact) mass is 455 g/mol. The number of benzene rings is 3. The number of aliphatic hydroxyl groups excluding tert-OH is 1. The van der Waals surface area contributed by atoms with Crippen molar-refractivity contribution >= 4 is 22.6 Å². The van der Waals surface area contributed by atoms with Crippen molar-refractivity contribution in [3.05, 3.63) is 89.7 Å². The Morgan fingerprint density at radius 3 is 2.47 bits per heavy atom. The molecule has 2 atom stereocenters. The van der Waals surface area contributed by atoms with Gasteiger partial charge in [0.15, 0.2) is 0 Å². The molecule has 1 aliphatic heterocycles. The lowest BCUT2D eigenvalue weighted by Crippen LogP contribution is -2.26. The maximum Gasteiger partial charge on any atom is 0.227 e. The van der Waals surface area contributed by atoms with E-state index in [1.54, 1.807) is 0 Å². The highest BCUT2D eigenvalue weighted by Crippen LogP contribution is 2.33. The van der Waals surface area contributed by atoms with E-state index in [0.29, 0.717) is 19.5 Å². The topological polar surface area (TPSA) is 67.6 Å². The summed E-state index contributed by atoms with van der Waals surface area (Å²) in [6.07, 6.45) is -0.328. The van der Waals surface area contributed by atoms with Crippen LogP contribution in [0.15, 0.2) is 72.8 Å². The fourth-order valence-electron chi connectivity index (χ4n) is 4.81. The number of nitrogens with zero attached hydrogens (tertiary/aromatic N) is 3. The molecule has 2 heterocycles. The molecular weight excluding hydrogens is 426 g/mol. The van der Waals surface area contributed by atoms with Crippen LogP contribution in [0.4, 0.5) is 5.69 Å². The summed E-state index contributed by atoms with van der Waals surface area (Å²) in [5.74, 6) is 1.69. The van der Waals surface area contributed by atoms with Gasteiger partial charge < -0.3 is 19.3 Å². The summed E-state index contributed by atoms with van der Waals surface area (Å²) >= 11 is 0. The van der Waals surface area contributed by atoms with Gasteiger partial charge in [-0.25, -0.2) is 4.98 Å². The largest absolute Gasteiger partial charge is 0.490 e. The van der Waals surface area contributed by atoms with E-state index in [4.69, 9.17) is 9.72 Å². The lowest BCUT2D eigenvalue weighted by atomic mass is 10.1. The van der Waals surface area contributed by atoms with Crippen LogP contribution in [0.25, 0.3) is 11.0 Å². The first-order valence-electron chi connectivity index (χ1n) is 11.7. The minimum Gasteiger partial charge on any atom is -0.490 e. The van der Waals surface area contributed by atoms with Gasteiger partial charge in [-0.2, -0.15) is 0 Å². The number of para-hydroxylation sites is 4. The van der Waals surface area contributed by atoms with Gasteiger partial charge in [-0.05, 0) is 49.2 Å². The molecule has 0 saturated carbocycles. The number of aliphatic hydroxyl groups is 1. The number of ether oxygens (including phenoxy) is 1. The Morgan fingerprint density at radius 2 is 1.71 bits per heavy atom. The van der Waals surface area contributed by atoms with Crippen LogP contribution in [0.1, 0.15) is 29.3 Å². The van der Waals surface area contributed by atoms with Crippen LogP contribution in [-0.4, -0.2) is 39.8 Å². The van der Waals surface area contributed by atoms with E-state index in [1.807, 2.05) is 91.5 Å². The quantitative estimate of drug-likeness (QED) is 0.442. The van der Waals surface area contributed by atoms with Crippen molar-refractivity contribution < 1.29 is 14.6 Å². The Morgan fingerprint density at radius 1 is 1.00 bits per heavy atom. The normalized spacial score (nSPS) is 16.9. The Labute approximate surface area is 199 Å². The van der Waals surface area contributed by atoms with Gasteiger partial charge in [0, 0.05) is 24.6 Å². The molecule has 3 aromatic carbocycles. The first kappa shape index (κ1) is 22.2. The molecule has 4 aromatic rings. The van der Waals surface area contributed by atoms with Gasteiger partial charge in [0.05, 0.1) is 17.6 Å². The van der Waals surface area contributed by atoms with E-state index in [1.165, 1.54) is 0 Å². The standard InChI is InChI=1S/C28H29N3O3/c1-19-9-8-10-20(2)27(19)34-18-23(32)17-31-25-14-7-6-13-24(25)29-28(31)21-15-26(33)30(16-21)22-11-4-3-5-12-22/h3-14,21,23,32H,15-18H2,1-2H3/t21-,23-/m0/s1. The molecule has 0 unspecified atom stereocenters. The number of anilines is 1. The highest BCUT2D eigenvalue weighted by Gasteiger charge is 2.35. The number of rotatable bonds is 7. The minimum atomic E-state index is -0.724. The van der Waals surface area contributed by atoms with Crippen molar-refractivity contribution in [3.8, 4) is 5.75 Å². The van der Waals surface area contributed by atoms with Gasteiger partial charge in [0.1, 0.15) is 24.3 Å². The molecule has 1 amide bonds. The number of fused-ring (bicyclic) bond motifs is 1. The molecular formula is C28H29N3O3. The molecule has 1 N–H and O–H groups in total. The molecule has 34 heavy (non-hydrogen) atoms. The average Bonchev–Trinajstić information content (AvgIpc) is 3.40. The fourth-order valence-corrected chi connectivity index (χ4v) is 4.81. The maximum atomic E-state index is 12.8. The van der Waals surface area contributed by atoms with Crippen molar-refractivity contribution in [3.63, 3.8) is 0 Å². The smallest absolute Gasteiger partial charge is 0.227 e. The summed E-state index contributed by atoms with van der Waals surface area (Å²) in [6.45, 7) is 5.10. The number of carbonyl (C=O) groups is 1. The zero-order valence-corrected chi connectivity index (χ0v) is 19.5. The van der Waals surface area contributed by atoms with Crippen LogP contribution < -0.4 is 9.64 Å². The molecule has 0 radical (unpaired) electrons. The van der Waals surface area contributed by atoms with Crippen LogP contribution in [0.2, 0.25) is 0 Å². The molecule has 5 rings (SSSR count). The average molecular weight is 456 g/mol. The number of hydrogen-bond donors (Lipinski definition) is 1. The lowest BCUT2D eigenvalue weighted by Gasteiger charge is -2.20. The first-order chi connectivity index (χ1) is 16.5. The highest BCUT2D eigenvalue weighted by atomic mass is 16.5. The Hall–Kier alpha value is -3.64. The van der Waals surface area contributed by atoms with Gasteiger partial charge in [-0.3, -0.25) is 4.79 Å². The third-order valence-electron chi connectivity index (χ3n) is 6.46. The van der Waals surface area contributed by atoms with Gasteiger partial charge in [0.25, 0.3) is 0 Å². The van der Waals surface area contributed by atoms with Gasteiger partial charge >= 0.3 is 0 Å². The maximum absolute atomic E-state index is 12.8. The zero-order valence-electron chi connectivity index (χ0n) is 19.5. The molecule has 6 nitrogen and oxygen atoms in total. The highest BCUT2D eigenvalue weighted by molar-refractivity contribution is 5.96. The number of imidazole rings is 1. The number of aromatic nitrogens is 2. The molecule has 0 aliphatic carbocycles. The molecule has 1 aromatic heterocycles. The summed E-state index contributed by atoms with van der Waals surface area (Å²) < 4.78 is 8.06. The molecule has 1 aliphatic rings. The SMILES string of the molecule is Cc1cccc(C)c1OC[C@@H](O)Cn1c([C@H]2CC(=O)N(c3ccccc3)C2)nc2ccccc21. The second-order valence-corrected chi connectivity index (χ2v) is 9.00. The van der Waals surface area contributed by atoms with Crippen LogP contribution in [-0.2, 0) is 11.3 Å². The molecule has 174 valence electrons. The summed E-state index contributed by atoms with van der Waals surface area (Å²) in [4.78, 5) is 19.6. The lowest BCUT2D eigenvalue weighted by molar-refractivity contribution is -0.117. The Kier molecular flexibility index (Phi) is 6.07. The van der Waals surface area contributed by atoms with Gasteiger partial charge in [-0.15, -0.1) is 0 Å². The summed E-state index contributed by atoms with van der Waals surface area (Å²) in [7, 11) is 0. The summed E-state index contributed by atoms with van der Waals surface area (Å²) in [6, 6.07) is 23.7. The number of carbonyl (C=O) groups excluding carboxylic acids is 1. The number of hydrogen-bond acceptors (Lipinski definition) is 4. The summed E-state index contributed by atoms with van der Waals surface area (Å²) in [5.41, 5.74) is 4.82. The van der Waals surface area contributed by atoms with Gasteiger partial charge in [-0.1, -0.05) is 48.5 Å². The molecule has 1 saturated heterocycles. The Bertz CT molecular complexity index is 1290. The van der Waals surface area contributed by atoms with E-state index < -0.39 is 6.10 Å². The van der Waals surface area contributed by atoms with Crippen molar-refractivity contribution in [1.82, 2.24) is 9.55 Å². The van der Waals surface area contributed by atoms with E-state index in [9.17, 15) is 9.90 Å². The summed E-state index contributed by atoms with van der Waals surface area (Å²) in [5, 5.41) is 10.9. The van der Waals surface area contributed by atoms with E-state index >= 15 is 0 Å². The minimum absolute atomic E-state index is 0.0492. The van der Waals surface area contributed by atoms with Crippen LogP contribution >= 0.6 is 0 Å². The van der Waals surface area contributed by atoms with Crippen LogP contribution in [0, 0.1) is 13.8 Å². The molecule has 6 heteroatoms. The van der Waals surface area contributed by atoms with E-state index in [0.717, 1.165) is 39.4 Å². The Balaban J connectivity index is 1.39. The van der Waals surface area contributed by atoms with Crippen molar-refractivity contribution in [2.75, 3.05) is 18.1 Å². The van der Waals surface area contributed by atoms with E-state index in [-0.39, 0.29) is 18.4 Å². The van der Waals surface area contributed by atoms with E-state index in [2.05, 4.69) is 4.57 Å². The number of amides is 1. The van der Waals surface area contributed by atoms with Crippen molar-refractivity contribution in [1.29, 1.82) is 0 Å². The van der Waals surface area contributed by atoms with Crippen molar-refractivity contribution in [2.24, 2.45) is 0 Å². The van der Waals surface area contributed by atoms with Crippen LogP contribution in [0.3, 0.4) is 0 Å². The van der Waals surface area contributed by atoms with Crippen molar-refractivity contribution in [2.45, 2.75) is 38.8 Å². The number of aryl methyl sites for hydroxylation is 2. The van der Waals surface area contributed by atoms with Gasteiger partial charge in [0.2, 0.25) is 5.91 Å². The molecule has 0 spiro atoms. The predicted octanol–water partition coefficient (Wildman–Crippen LogP) is 4.61. The third-order valence-corrected chi connectivity index (χ3v) is 6.46.